The Bertz CT molecular complexity index is 496. The molecule has 0 saturated heterocycles. The van der Waals surface area contributed by atoms with Gasteiger partial charge in [0.15, 0.2) is 0 Å². The summed E-state index contributed by atoms with van der Waals surface area (Å²) in [7, 11) is 0. The second-order valence-electron chi connectivity index (χ2n) is 4.87. The highest BCUT2D eigenvalue weighted by Gasteiger charge is 2.21. The minimum Gasteiger partial charge on any atom is -0.426 e. The van der Waals surface area contributed by atoms with Gasteiger partial charge in [-0.1, -0.05) is 59.7 Å². The molecular weight excluding hydrogens is 233 g/mol. The van der Waals surface area contributed by atoms with Crippen LogP contribution in [0.1, 0.15) is 11.1 Å². The third-order valence-corrected chi connectivity index (χ3v) is 3.09. The SMILES string of the molecule is Cc1cccc(B(OCCN)c2cccc(C)c2)c1. The molecule has 2 nitrogen and oxygen atoms in total. The first-order valence-corrected chi connectivity index (χ1v) is 6.65. The molecule has 98 valence electrons. The second kappa shape index (κ2) is 6.55. The van der Waals surface area contributed by atoms with Gasteiger partial charge in [0.1, 0.15) is 0 Å². The van der Waals surface area contributed by atoms with Crippen LogP contribution in [0.25, 0.3) is 0 Å². The average Bonchev–Trinajstić information content (AvgIpc) is 2.39. The van der Waals surface area contributed by atoms with Gasteiger partial charge in [-0.25, -0.2) is 0 Å². The van der Waals surface area contributed by atoms with Gasteiger partial charge in [-0.15, -0.1) is 0 Å². The molecule has 0 aliphatic carbocycles. The molecule has 0 aromatic heterocycles. The minimum atomic E-state index is -0.0386. The number of hydrogen-bond acceptors (Lipinski definition) is 2. The minimum absolute atomic E-state index is 0.0386. The molecule has 0 heterocycles. The lowest BCUT2D eigenvalue weighted by Crippen LogP contribution is -2.46. The normalized spacial score (nSPS) is 10.5. The molecule has 2 rings (SSSR count). The Labute approximate surface area is 115 Å². The lowest BCUT2D eigenvalue weighted by molar-refractivity contribution is 0.344. The molecule has 0 amide bonds. The lowest BCUT2D eigenvalue weighted by atomic mass is 9.55. The molecule has 0 unspecified atom stereocenters. The van der Waals surface area contributed by atoms with Crippen LogP contribution in [0.4, 0.5) is 0 Å². The van der Waals surface area contributed by atoms with Crippen molar-refractivity contribution in [1.82, 2.24) is 0 Å². The fourth-order valence-corrected chi connectivity index (χ4v) is 2.24. The summed E-state index contributed by atoms with van der Waals surface area (Å²) in [6.45, 7) is 5.25. The van der Waals surface area contributed by atoms with E-state index in [0.29, 0.717) is 13.2 Å². The summed E-state index contributed by atoms with van der Waals surface area (Å²) in [6, 6.07) is 16.9. The predicted molar refractivity (Wildman–Crippen MR) is 82.4 cm³/mol. The zero-order valence-corrected chi connectivity index (χ0v) is 11.6. The summed E-state index contributed by atoms with van der Waals surface area (Å²) >= 11 is 0. The Morgan fingerprint density at radius 3 is 1.89 bits per heavy atom. The highest BCUT2D eigenvalue weighted by atomic mass is 16.4. The molecule has 2 N–H and O–H groups in total. The van der Waals surface area contributed by atoms with Crippen molar-refractivity contribution in [2.75, 3.05) is 13.2 Å². The van der Waals surface area contributed by atoms with Crippen LogP contribution in [0.2, 0.25) is 0 Å². The van der Waals surface area contributed by atoms with Gasteiger partial charge in [-0.3, -0.25) is 0 Å². The Morgan fingerprint density at radius 2 is 1.47 bits per heavy atom. The Balaban J connectivity index is 2.35. The number of benzene rings is 2. The highest BCUT2D eigenvalue weighted by molar-refractivity contribution is 6.80. The van der Waals surface area contributed by atoms with E-state index in [9.17, 15) is 0 Å². The summed E-state index contributed by atoms with van der Waals surface area (Å²) < 4.78 is 5.95. The van der Waals surface area contributed by atoms with Crippen molar-refractivity contribution in [2.45, 2.75) is 13.8 Å². The molecule has 0 fully saturated rings. The van der Waals surface area contributed by atoms with Crippen LogP contribution in [0.15, 0.2) is 48.5 Å². The van der Waals surface area contributed by atoms with E-state index >= 15 is 0 Å². The molecule has 0 aliphatic heterocycles. The third-order valence-electron chi connectivity index (χ3n) is 3.09. The number of aryl methyl sites for hydroxylation is 2. The fourth-order valence-electron chi connectivity index (χ4n) is 2.24. The van der Waals surface area contributed by atoms with Crippen LogP contribution in [0.5, 0.6) is 0 Å². The van der Waals surface area contributed by atoms with Gasteiger partial charge in [-0.2, -0.15) is 0 Å². The molecule has 0 bridgehead atoms. The maximum Gasteiger partial charge on any atom is 0.361 e. The van der Waals surface area contributed by atoms with Gasteiger partial charge < -0.3 is 10.4 Å². The first kappa shape index (κ1) is 13.8. The zero-order chi connectivity index (χ0) is 13.7. The molecule has 19 heavy (non-hydrogen) atoms. The monoisotopic (exact) mass is 253 g/mol. The standard InChI is InChI=1S/C16H20BNO/c1-13-5-3-7-15(11-13)17(19-10-9-18)16-8-4-6-14(2)12-16/h3-8,11-12H,9-10,18H2,1-2H3. The van der Waals surface area contributed by atoms with Crippen LogP contribution >= 0.6 is 0 Å². The molecule has 3 heteroatoms. The van der Waals surface area contributed by atoms with Crippen LogP contribution in [0.3, 0.4) is 0 Å². The Hall–Kier alpha value is -1.58. The van der Waals surface area contributed by atoms with Crippen molar-refractivity contribution < 1.29 is 4.65 Å². The molecule has 2 aromatic rings. The first-order chi connectivity index (χ1) is 9.20. The van der Waals surface area contributed by atoms with Gasteiger partial charge in [0.05, 0.1) is 0 Å². The van der Waals surface area contributed by atoms with Crippen molar-refractivity contribution in [3.8, 4) is 0 Å². The molecule has 2 aromatic carbocycles. The summed E-state index contributed by atoms with van der Waals surface area (Å²) in [5.74, 6) is 0. The van der Waals surface area contributed by atoms with Crippen LogP contribution in [0, 0.1) is 13.8 Å². The smallest absolute Gasteiger partial charge is 0.361 e. The van der Waals surface area contributed by atoms with Crippen molar-refractivity contribution in [1.29, 1.82) is 0 Å². The van der Waals surface area contributed by atoms with E-state index in [4.69, 9.17) is 10.4 Å². The van der Waals surface area contributed by atoms with Gasteiger partial charge in [0.25, 0.3) is 0 Å². The number of rotatable bonds is 5. The highest BCUT2D eigenvalue weighted by Crippen LogP contribution is 2.00. The maximum atomic E-state index is 5.95. The average molecular weight is 253 g/mol. The summed E-state index contributed by atoms with van der Waals surface area (Å²) in [5.41, 5.74) is 10.4. The van der Waals surface area contributed by atoms with Crippen LogP contribution < -0.4 is 16.7 Å². The number of hydrogen-bond donors (Lipinski definition) is 1. The van der Waals surface area contributed by atoms with Crippen LogP contribution in [-0.4, -0.2) is 20.1 Å². The molecular formula is C16H20BNO. The molecule has 0 atom stereocenters. The molecule has 0 radical (unpaired) electrons. The maximum absolute atomic E-state index is 5.95. The third kappa shape index (κ3) is 3.69. The van der Waals surface area contributed by atoms with E-state index in [2.05, 4.69) is 62.4 Å². The van der Waals surface area contributed by atoms with E-state index in [1.165, 1.54) is 22.1 Å². The number of nitrogens with two attached hydrogens (primary N) is 1. The molecule has 0 saturated carbocycles. The predicted octanol–water partition coefficient (Wildman–Crippen LogP) is 1.38. The fraction of sp³-hybridized carbons (Fsp3) is 0.250. The van der Waals surface area contributed by atoms with Crippen molar-refractivity contribution in [3.63, 3.8) is 0 Å². The van der Waals surface area contributed by atoms with Crippen molar-refractivity contribution in [2.24, 2.45) is 5.73 Å². The van der Waals surface area contributed by atoms with Crippen molar-refractivity contribution >= 4 is 17.8 Å². The van der Waals surface area contributed by atoms with E-state index in [1.807, 2.05) is 0 Å². The molecule has 0 aliphatic rings. The Kier molecular flexibility index (Phi) is 4.77. The summed E-state index contributed by atoms with van der Waals surface area (Å²) in [4.78, 5) is 0. The van der Waals surface area contributed by atoms with E-state index in [-0.39, 0.29) is 6.92 Å². The topological polar surface area (TPSA) is 35.2 Å². The van der Waals surface area contributed by atoms with E-state index < -0.39 is 0 Å². The second-order valence-corrected chi connectivity index (χ2v) is 4.87. The van der Waals surface area contributed by atoms with Gasteiger partial charge >= 0.3 is 6.92 Å². The largest absolute Gasteiger partial charge is 0.426 e. The summed E-state index contributed by atoms with van der Waals surface area (Å²) in [6.07, 6.45) is 0. The van der Waals surface area contributed by atoms with Gasteiger partial charge in [0.2, 0.25) is 0 Å². The quantitative estimate of drug-likeness (QED) is 0.817. The van der Waals surface area contributed by atoms with E-state index in [1.54, 1.807) is 0 Å². The van der Waals surface area contributed by atoms with Crippen molar-refractivity contribution in [3.05, 3.63) is 59.7 Å². The lowest BCUT2D eigenvalue weighted by Gasteiger charge is -2.16. The van der Waals surface area contributed by atoms with Crippen LogP contribution in [-0.2, 0) is 4.65 Å². The molecule has 0 spiro atoms. The zero-order valence-electron chi connectivity index (χ0n) is 11.6. The van der Waals surface area contributed by atoms with Gasteiger partial charge in [0, 0.05) is 13.2 Å². The van der Waals surface area contributed by atoms with Gasteiger partial charge in [-0.05, 0) is 24.8 Å². The Morgan fingerprint density at radius 1 is 0.947 bits per heavy atom. The first-order valence-electron chi connectivity index (χ1n) is 6.65. The summed E-state index contributed by atoms with van der Waals surface area (Å²) in [5, 5.41) is 0. The van der Waals surface area contributed by atoms with E-state index in [0.717, 1.165) is 0 Å².